The third-order valence-electron chi connectivity index (χ3n) is 4.09. The fourth-order valence-electron chi connectivity index (χ4n) is 2.74. The number of nitro groups is 1. The van der Waals surface area contributed by atoms with Crippen LogP contribution in [-0.2, 0) is 17.9 Å². The van der Waals surface area contributed by atoms with E-state index in [1.807, 2.05) is 0 Å². The fraction of sp³-hybridized carbons (Fsp3) is 0.235. The first kappa shape index (κ1) is 17.0. The number of pyridine rings is 2. The highest BCUT2D eigenvalue weighted by Crippen LogP contribution is 2.23. The van der Waals surface area contributed by atoms with E-state index in [0.717, 1.165) is 6.20 Å². The first-order chi connectivity index (χ1) is 13.1. The van der Waals surface area contributed by atoms with Crippen molar-refractivity contribution in [2.45, 2.75) is 19.3 Å². The minimum atomic E-state index is -0.568. The van der Waals surface area contributed by atoms with Crippen molar-refractivity contribution in [2.75, 3.05) is 6.61 Å². The first-order valence-corrected chi connectivity index (χ1v) is 8.11. The third kappa shape index (κ3) is 3.60. The molecule has 0 bridgehead atoms. The van der Waals surface area contributed by atoms with Crippen molar-refractivity contribution in [1.82, 2.24) is 19.5 Å². The summed E-state index contributed by atoms with van der Waals surface area (Å²) in [6.07, 6.45) is 5.29. The molecule has 0 fully saturated rings. The van der Waals surface area contributed by atoms with E-state index in [1.165, 1.54) is 12.4 Å². The highest BCUT2D eigenvalue weighted by atomic mass is 19.1. The average Bonchev–Trinajstić information content (AvgIpc) is 3.11. The number of hydrogen-bond donors (Lipinski definition) is 0. The molecular weight excluding hydrogens is 357 g/mol. The van der Waals surface area contributed by atoms with Gasteiger partial charge in [-0.05, 0) is 17.1 Å². The molecule has 9 nitrogen and oxygen atoms in total. The van der Waals surface area contributed by atoms with Gasteiger partial charge >= 0.3 is 11.8 Å². The van der Waals surface area contributed by atoms with Gasteiger partial charge in [0, 0.05) is 28.5 Å². The van der Waals surface area contributed by atoms with Crippen molar-refractivity contribution >= 4 is 5.82 Å². The lowest BCUT2D eigenvalue weighted by molar-refractivity contribution is -0.389. The van der Waals surface area contributed by atoms with E-state index in [2.05, 4.69) is 15.0 Å². The Morgan fingerprint density at radius 1 is 1.37 bits per heavy atom. The van der Waals surface area contributed by atoms with Gasteiger partial charge in [0.2, 0.25) is 0 Å². The molecule has 27 heavy (non-hydrogen) atoms. The van der Waals surface area contributed by atoms with E-state index in [4.69, 9.17) is 9.47 Å². The molecule has 4 heterocycles. The Morgan fingerprint density at radius 2 is 2.26 bits per heavy atom. The molecule has 1 aliphatic rings. The van der Waals surface area contributed by atoms with Crippen LogP contribution in [0.5, 0.6) is 6.01 Å². The van der Waals surface area contributed by atoms with Gasteiger partial charge in [-0.2, -0.15) is 0 Å². The quantitative estimate of drug-likeness (QED) is 0.501. The number of rotatable bonds is 5. The normalized spacial score (nSPS) is 15.8. The van der Waals surface area contributed by atoms with Crippen LogP contribution in [0.1, 0.15) is 5.69 Å². The minimum Gasteiger partial charge on any atom is -0.443 e. The maximum absolute atomic E-state index is 13.8. The lowest BCUT2D eigenvalue weighted by Crippen LogP contribution is -2.32. The topological polar surface area (TPSA) is 105 Å². The maximum Gasteiger partial charge on any atom is 0.414 e. The summed E-state index contributed by atoms with van der Waals surface area (Å²) in [5.41, 5.74) is 1.76. The zero-order chi connectivity index (χ0) is 18.8. The zero-order valence-corrected chi connectivity index (χ0v) is 14.0. The molecule has 0 amide bonds. The summed E-state index contributed by atoms with van der Waals surface area (Å²) in [5.74, 6) is -0.667. The van der Waals surface area contributed by atoms with E-state index in [1.54, 1.807) is 29.0 Å². The second kappa shape index (κ2) is 7.08. The van der Waals surface area contributed by atoms with Gasteiger partial charge in [0.1, 0.15) is 24.7 Å². The summed E-state index contributed by atoms with van der Waals surface area (Å²) < 4.78 is 26.5. The standard InChI is InChI=1S/C17H14FN5O4/c18-15-6-19-4-3-14(15)11-1-2-12(20-5-11)9-26-13-7-22-8-16(23(24)25)21-17(22)27-10-13/h1-6,8,13H,7,9-10H2/t13-/m0/s1. The summed E-state index contributed by atoms with van der Waals surface area (Å²) in [4.78, 5) is 22.0. The molecule has 138 valence electrons. The van der Waals surface area contributed by atoms with Crippen LogP contribution in [-0.4, -0.2) is 37.2 Å². The summed E-state index contributed by atoms with van der Waals surface area (Å²) in [6, 6.07) is 5.32. The second-order valence-corrected chi connectivity index (χ2v) is 5.93. The fourth-order valence-corrected chi connectivity index (χ4v) is 2.74. The first-order valence-electron chi connectivity index (χ1n) is 8.11. The Labute approximate surface area is 152 Å². The molecule has 4 rings (SSSR count). The number of fused-ring (bicyclic) bond motifs is 1. The lowest BCUT2D eigenvalue weighted by atomic mass is 10.1. The van der Waals surface area contributed by atoms with E-state index < -0.39 is 10.7 Å². The largest absolute Gasteiger partial charge is 0.443 e. The molecule has 0 aromatic carbocycles. The van der Waals surface area contributed by atoms with Crippen molar-refractivity contribution in [2.24, 2.45) is 0 Å². The van der Waals surface area contributed by atoms with Crippen LogP contribution in [0.2, 0.25) is 0 Å². The summed E-state index contributed by atoms with van der Waals surface area (Å²) in [6.45, 7) is 0.879. The predicted molar refractivity (Wildman–Crippen MR) is 90.4 cm³/mol. The molecule has 0 N–H and O–H groups in total. The Hall–Kier alpha value is -3.40. The molecule has 1 atom stereocenters. The number of ether oxygens (including phenoxy) is 2. The van der Waals surface area contributed by atoms with E-state index in [0.29, 0.717) is 23.4 Å². The molecular formula is C17H14FN5O4. The molecule has 0 unspecified atom stereocenters. The molecule has 0 spiro atoms. The van der Waals surface area contributed by atoms with E-state index in [9.17, 15) is 14.5 Å². The van der Waals surface area contributed by atoms with Gasteiger partial charge in [0.15, 0.2) is 0 Å². The van der Waals surface area contributed by atoms with E-state index >= 15 is 0 Å². The SMILES string of the molecule is O=[N+]([O-])c1cn2c(n1)OC[C@@H](OCc1ccc(-c3ccncc3F)cn1)C2. The lowest BCUT2D eigenvalue weighted by Gasteiger charge is -2.22. The van der Waals surface area contributed by atoms with Crippen LogP contribution >= 0.6 is 0 Å². The minimum absolute atomic E-state index is 0.211. The Bertz CT molecular complexity index is 976. The van der Waals surface area contributed by atoms with Crippen molar-refractivity contribution in [3.63, 3.8) is 0 Å². The predicted octanol–water partition coefficient (Wildman–Crippen LogP) is 2.37. The molecule has 3 aromatic heterocycles. The van der Waals surface area contributed by atoms with Gasteiger partial charge in [-0.25, -0.2) is 4.39 Å². The van der Waals surface area contributed by atoms with E-state index in [-0.39, 0.29) is 31.1 Å². The molecule has 3 aromatic rings. The molecule has 1 aliphatic heterocycles. The monoisotopic (exact) mass is 371 g/mol. The summed E-state index contributed by atoms with van der Waals surface area (Å²) in [5, 5.41) is 10.8. The Balaban J connectivity index is 1.38. The second-order valence-electron chi connectivity index (χ2n) is 5.93. The third-order valence-corrected chi connectivity index (χ3v) is 4.09. The van der Waals surface area contributed by atoms with Crippen LogP contribution < -0.4 is 4.74 Å². The molecule has 0 aliphatic carbocycles. The van der Waals surface area contributed by atoms with Gasteiger partial charge in [0.05, 0.1) is 25.0 Å². The van der Waals surface area contributed by atoms with Crippen molar-refractivity contribution in [3.05, 3.63) is 64.6 Å². The molecule has 0 saturated heterocycles. The molecule has 10 heteroatoms. The van der Waals surface area contributed by atoms with Crippen molar-refractivity contribution in [1.29, 1.82) is 0 Å². The van der Waals surface area contributed by atoms with Gasteiger partial charge in [-0.1, -0.05) is 6.07 Å². The molecule has 0 saturated carbocycles. The number of halogens is 1. The van der Waals surface area contributed by atoms with Crippen LogP contribution in [0.3, 0.4) is 0 Å². The zero-order valence-electron chi connectivity index (χ0n) is 14.0. The summed E-state index contributed by atoms with van der Waals surface area (Å²) in [7, 11) is 0. The number of hydrogen-bond acceptors (Lipinski definition) is 7. The van der Waals surface area contributed by atoms with Crippen LogP contribution in [0, 0.1) is 15.9 Å². The van der Waals surface area contributed by atoms with Crippen LogP contribution in [0.15, 0.2) is 43.0 Å². The van der Waals surface area contributed by atoms with Gasteiger partial charge in [-0.15, -0.1) is 0 Å². The van der Waals surface area contributed by atoms with Crippen molar-refractivity contribution in [3.8, 4) is 17.1 Å². The number of nitrogens with zero attached hydrogens (tertiary/aromatic N) is 5. The summed E-state index contributed by atoms with van der Waals surface area (Å²) >= 11 is 0. The number of aromatic nitrogens is 4. The Kier molecular flexibility index (Phi) is 4.47. The van der Waals surface area contributed by atoms with Gasteiger partial charge in [0.25, 0.3) is 0 Å². The van der Waals surface area contributed by atoms with Crippen LogP contribution in [0.25, 0.3) is 11.1 Å². The Morgan fingerprint density at radius 3 is 3.00 bits per heavy atom. The smallest absolute Gasteiger partial charge is 0.414 e. The maximum atomic E-state index is 13.8. The van der Waals surface area contributed by atoms with Gasteiger partial charge in [-0.3, -0.25) is 14.5 Å². The molecule has 0 radical (unpaired) electrons. The van der Waals surface area contributed by atoms with Gasteiger partial charge < -0.3 is 19.6 Å². The van der Waals surface area contributed by atoms with Crippen molar-refractivity contribution < 1.29 is 18.8 Å². The highest BCUT2D eigenvalue weighted by Gasteiger charge is 2.28. The highest BCUT2D eigenvalue weighted by molar-refractivity contribution is 5.62. The van der Waals surface area contributed by atoms with Crippen LogP contribution in [0.4, 0.5) is 10.2 Å². The number of imidazole rings is 1. The average molecular weight is 371 g/mol.